The maximum absolute atomic E-state index is 2.25. The zero-order valence-electron chi connectivity index (χ0n) is 6.33. The molecule has 0 aliphatic heterocycles. The molecule has 0 aliphatic carbocycles. The van der Waals surface area contributed by atoms with E-state index in [1.165, 1.54) is 25.7 Å². The van der Waals surface area contributed by atoms with Crippen LogP contribution in [0.4, 0.5) is 0 Å². The SMILES string of the molecule is CCCC[C-](C)CC. The Morgan fingerprint density at radius 2 is 1.88 bits per heavy atom. The highest BCUT2D eigenvalue weighted by Gasteiger charge is 1.80. The van der Waals surface area contributed by atoms with Crippen LogP contribution in [0, 0.1) is 5.92 Å². The lowest BCUT2D eigenvalue weighted by Gasteiger charge is -2.20. The second-order valence-electron chi connectivity index (χ2n) is 2.41. The first kappa shape index (κ1) is 8.00. The van der Waals surface area contributed by atoms with E-state index in [0.717, 1.165) is 0 Å². The average Bonchev–Trinajstić information content (AvgIpc) is 1.83. The molecule has 0 N–H and O–H groups in total. The van der Waals surface area contributed by atoms with E-state index in [2.05, 4.69) is 20.8 Å². The first-order chi connectivity index (χ1) is 3.81. The molecule has 0 radical (unpaired) electrons. The van der Waals surface area contributed by atoms with Crippen molar-refractivity contribution in [2.24, 2.45) is 0 Å². The summed E-state index contributed by atoms with van der Waals surface area (Å²) in [5.41, 5.74) is 0. The molecule has 8 heavy (non-hydrogen) atoms. The van der Waals surface area contributed by atoms with Crippen molar-refractivity contribution in [2.45, 2.75) is 46.5 Å². The third kappa shape index (κ3) is 4.17. The first-order valence-electron chi connectivity index (χ1n) is 3.62. The normalized spacial score (nSPS) is 10.5. The summed E-state index contributed by atoms with van der Waals surface area (Å²) in [4.78, 5) is 0. The molecule has 0 aromatic heterocycles. The average molecular weight is 113 g/mol. The molecule has 0 amide bonds. The minimum atomic E-state index is 1.26. The maximum Gasteiger partial charge on any atom is -0.0586 e. The lowest BCUT2D eigenvalue weighted by molar-refractivity contribution is 0.692. The third-order valence-electron chi connectivity index (χ3n) is 1.56. The zero-order chi connectivity index (χ0) is 6.41. The Kier molecular flexibility index (Phi) is 5.14. The summed E-state index contributed by atoms with van der Waals surface area (Å²) in [5.74, 6) is 1.65. The van der Waals surface area contributed by atoms with Gasteiger partial charge in [-0.2, -0.15) is 19.8 Å². The molecule has 0 unspecified atom stereocenters. The Labute approximate surface area is 53.3 Å². The topological polar surface area (TPSA) is 0 Å². The van der Waals surface area contributed by atoms with Gasteiger partial charge in [-0.1, -0.05) is 26.7 Å². The zero-order valence-corrected chi connectivity index (χ0v) is 6.33. The smallest absolute Gasteiger partial charge is 0.0586 e. The quantitative estimate of drug-likeness (QED) is 0.491. The van der Waals surface area contributed by atoms with Crippen molar-refractivity contribution in [3.63, 3.8) is 0 Å². The van der Waals surface area contributed by atoms with E-state index in [9.17, 15) is 0 Å². The van der Waals surface area contributed by atoms with Crippen LogP contribution in [0.15, 0.2) is 0 Å². The molecule has 0 spiro atoms. The van der Waals surface area contributed by atoms with Gasteiger partial charge in [-0.3, -0.25) is 0 Å². The second-order valence-corrected chi connectivity index (χ2v) is 2.41. The molecular weight excluding hydrogens is 96.1 g/mol. The minimum absolute atomic E-state index is 1.26. The molecule has 0 nitrogen and oxygen atoms in total. The maximum atomic E-state index is 2.25. The number of unbranched alkanes of at least 4 members (excludes halogenated alkanes) is 1. The van der Waals surface area contributed by atoms with Crippen molar-refractivity contribution in [3.8, 4) is 0 Å². The van der Waals surface area contributed by atoms with Crippen LogP contribution < -0.4 is 0 Å². The lowest BCUT2D eigenvalue weighted by atomic mass is 10.0. The summed E-state index contributed by atoms with van der Waals surface area (Å²) in [6.45, 7) is 6.71. The Hall–Kier alpha value is 0. The fourth-order valence-corrected chi connectivity index (χ4v) is 0.655. The van der Waals surface area contributed by atoms with Gasteiger partial charge in [0.15, 0.2) is 0 Å². The summed E-state index contributed by atoms with van der Waals surface area (Å²) in [5, 5.41) is 0. The van der Waals surface area contributed by atoms with Crippen LogP contribution in [0.2, 0.25) is 0 Å². The summed E-state index contributed by atoms with van der Waals surface area (Å²) in [6, 6.07) is 0. The Morgan fingerprint density at radius 1 is 1.25 bits per heavy atom. The van der Waals surface area contributed by atoms with E-state index in [1.807, 2.05) is 0 Å². The molecular formula is C8H17-. The van der Waals surface area contributed by atoms with Gasteiger partial charge in [0.2, 0.25) is 0 Å². The highest BCUT2D eigenvalue weighted by Crippen LogP contribution is 2.12. The van der Waals surface area contributed by atoms with Crippen LogP contribution in [0.3, 0.4) is 0 Å². The number of hydrogen-bond acceptors (Lipinski definition) is 0. The predicted octanol–water partition coefficient (Wildman–Crippen LogP) is 3.18. The summed E-state index contributed by atoms with van der Waals surface area (Å²) in [6.07, 6.45) is 5.31. The Morgan fingerprint density at radius 3 is 2.25 bits per heavy atom. The van der Waals surface area contributed by atoms with E-state index >= 15 is 0 Å². The molecule has 0 fully saturated rings. The molecule has 0 aromatic rings. The highest BCUT2D eigenvalue weighted by molar-refractivity contribution is 4.80. The minimum Gasteiger partial charge on any atom is -0.317 e. The van der Waals surface area contributed by atoms with Gasteiger partial charge >= 0.3 is 0 Å². The first-order valence-corrected chi connectivity index (χ1v) is 3.62. The predicted molar refractivity (Wildman–Crippen MR) is 38.7 cm³/mol. The van der Waals surface area contributed by atoms with Crippen LogP contribution in [0.1, 0.15) is 46.5 Å². The van der Waals surface area contributed by atoms with E-state index < -0.39 is 0 Å². The van der Waals surface area contributed by atoms with Gasteiger partial charge in [-0.15, -0.1) is 0 Å². The molecule has 50 valence electrons. The summed E-state index contributed by atoms with van der Waals surface area (Å²) >= 11 is 0. The molecule has 0 atom stereocenters. The lowest BCUT2D eigenvalue weighted by Crippen LogP contribution is -1.86. The van der Waals surface area contributed by atoms with Crippen LogP contribution in [0.5, 0.6) is 0 Å². The van der Waals surface area contributed by atoms with Gasteiger partial charge in [0, 0.05) is 0 Å². The molecule has 0 saturated heterocycles. The fraction of sp³-hybridized carbons (Fsp3) is 0.875. The van der Waals surface area contributed by atoms with Crippen molar-refractivity contribution in [1.82, 2.24) is 0 Å². The monoisotopic (exact) mass is 113 g/mol. The number of rotatable bonds is 4. The largest absolute Gasteiger partial charge is 0.317 e. The van der Waals surface area contributed by atoms with Gasteiger partial charge in [0.05, 0.1) is 0 Å². The molecule has 0 bridgehead atoms. The van der Waals surface area contributed by atoms with E-state index in [4.69, 9.17) is 0 Å². The second kappa shape index (κ2) is 5.14. The summed E-state index contributed by atoms with van der Waals surface area (Å²) < 4.78 is 0. The van der Waals surface area contributed by atoms with Crippen molar-refractivity contribution in [2.75, 3.05) is 0 Å². The highest BCUT2D eigenvalue weighted by atomic mass is 14.0. The van der Waals surface area contributed by atoms with Gasteiger partial charge in [0.25, 0.3) is 0 Å². The molecule has 0 aromatic carbocycles. The van der Waals surface area contributed by atoms with Crippen molar-refractivity contribution >= 4 is 0 Å². The molecule has 0 heteroatoms. The molecule has 0 heterocycles. The Bertz CT molecular complexity index is 39.3. The molecule has 0 aliphatic rings. The van der Waals surface area contributed by atoms with Gasteiger partial charge < -0.3 is 5.92 Å². The Balaban J connectivity index is 2.86. The van der Waals surface area contributed by atoms with E-state index in [1.54, 1.807) is 5.92 Å². The van der Waals surface area contributed by atoms with Crippen LogP contribution in [-0.2, 0) is 0 Å². The van der Waals surface area contributed by atoms with E-state index in [-0.39, 0.29) is 0 Å². The van der Waals surface area contributed by atoms with Gasteiger partial charge in [0.1, 0.15) is 0 Å². The third-order valence-corrected chi connectivity index (χ3v) is 1.56. The molecule has 0 rings (SSSR count). The van der Waals surface area contributed by atoms with Gasteiger partial charge in [-0.05, 0) is 0 Å². The molecule has 0 saturated carbocycles. The van der Waals surface area contributed by atoms with E-state index in [0.29, 0.717) is 0 Å². The van der Waals surface area contributed by atoms with Crippen molar-refractivity contribution in [1.29, 1.82) is 0 Å². The van der Waals surface area contributed by atoms with Crippen molar-refractivity contribution < 1.29 is 0 Å². The van der Waals surface area contributed by atoms with Crippen LogP contribution in [-0.4, -0.2) is 0 Å². The van der Waals surface area contributed by atoms with Crippen LogP contribution >= 0.6 is 0 Å². The fourth-order valence-electron chi connectivity index (χ4n) is 0.655. The van der Waals surface area contributed by atoms with Crippen LogP contribution in [0.25, 0.3) is 0 Å². The van der Waals surface area contributed by atoms with Gasteiger partial charge in [-0.25, -0.2) is 0 Å². The van der Waals surface area contributed by atoms with Crippen molar-refractivity contribution in [3.05, 3.63) is 5.92 Å². The summed E-state index contributed by atoms with van der Waals surface area (Å²) in [7, 11) is 0. The number of hydrogen-bond donors (Lipinski definition) is 0. The standard InChI is InChI=1S/C8H17/c1-4-6-7-8(3)5-2/h4-7H2,1-3H3/q-1.